The molecule has 0 spiro atoms. The first-order valence-corrected chi connectivity index (χ1v) is 13.9. The van der Waals surface area contributed by atoms with Gasteiger partial charge < -0.3 is 10.8 Å². The van der Waals surface area contributed by atoms with Crippen LogP contribution in [0.4, 0.5) is 32.2 Å². The molecule has 3 aromatic heterocycles. The van der Waals surface area contributed by atoms with Crippen molar-refractivity contribution in [2.24, 2.45) is 5.41 Å². The number of nitrogens with one attached hydrogen (secondary N) is 1. The SMILES string of the molecule is Cc1ccc(S(=O)(=O)NC23CC(Cn4cccn4)(C2)C3)cc1-c1cnc2c(N)nc(C(F)(F)F)cn12.O=C(O)C(F)(F)F. The summed E-state index contributed by atoms with van der Waals surface area (Å²) in [5, 5.41) is 11.4. The minimum Gasteiger partial charge on any atom is -0.475 e. The Morgan fingerprint density at radius 2 is 1.81 bits per heavy atom. The van der Waals surface area contributed by atoms with Crippen molar-refractivity contribution in [1.29, 1.82) is 0 Å². The number of carboxylic acids is 1. The Labute approximate surface area is 239 Å². The monoisotopic (exact) mass is 631 g/mol. The van der Waals surface area contributed by atoms with Gasteiger partial charge in [0.25, 0.3) is 0 Å². The molecule has 4 aromatic rings. The Morgan fingerprint density at radius 1 is 1.16 bits per heavy atom. The van der Waals surface area contributed by atoms with Crippen LogP contribution in [0.15, 0.2) is 53.9 Å². The quantitative estimate of drug-likeness (QED) is 0.269. The van der Waals surface area contributed by atoms with Crippen LogP contribution >= 0.6 is 0 Å². The summed E-state index contributed by atoms with van der Waals surface area (Å²) in [6.07, 6.45) is -1.80. The van der Waals surface area contributed by atoms with Crippen LogP contribution in [-0.2, 0) is 27.5 Å². The number of aromatic nitrogens is 5. The molecule has 0 atom stereocenters. The molecule has 0 unspecified atom stereocenters. The minimum absolute atomic E-state index is 0.0296. The molecule has 18 heteroatoms. The van der Waals surface area contributed by atoms with Crippen molar-refractivity contribution in [2.45, 2.75) is 55.5 Å². The molecule has 0 aliphatic heterocycles. The number of nitrogen functional groups attached to an aromatic ring is 1. The number of imidazole rings is 1. The molecule has 43 heavy (non-hydrogen) atoms. The van der Waals surface area contributed by atoms with Crippen LogP contribution in [0.5, 0.6) is 0 Å². The van der Waals surface area contributed by atoms with Gasteiger partial charge in [0.2, 0.25) is 10.0 Å². The number of anilines is 1. The maximum atomic E-state index is 13.3. The van der Waals surface area contributed by atoms with E-state index >= 15 is 0 Å². The highest BCUT2D eigenvalue weighted by Crippen LogP contribution is 2.68. The van der Waals surface area contributed by atoms with Crippen LogP contribution in [-0.4, -0.2) is 55.4 Å². The highest BCUT2D eigenvalue weighted by atomic mass is 32.2. The molecule has 3 fully saturated rings. The summed E-state index contributed by atoms with van der Waals surface area (Å²) in [7, 11) is -3.87. The number of hydrogen-bond acceptors (Lipinski definition) is 7. The molecule has 2 bridgehead atoms. The average molecular weight is 632 g/mol. The molecule has 4 N–H and O–H groups in total. The van der Waals surface area contributed by atoms with Gasteiger partial charge in [0.05, 0.1) is 16.8 Å². The van der Waals surface area contributed by atoms with Gasteiger partial charge in [-0.1, -0.05) is 6.07 Å². The lowest BCUT2D eigenvalue weighted by molar-refractivity contribution is -0.192. The van der Waals surface area contributed by atoms with Crippen molar-refractivity contribution in [3.8, 4) is 11.3 Å². The molecule has 3 saturated carbocycles. The van der Waals surface area contributed by atoms with Gasteiger partial charge in [0.15, 0.2) is 17.2 Å². The van der Waals surface area contributed by atoms with Crippen LogP contribution in [0.1, 0.15) is 30.5 Å². The van der Waals surface area contributed by atoms with Crippen molar-refractivity contribution >= 4 is 27.5 Å². The smallest absolute Gasteiger partial charge is 0.475 e. The van der Waals surface area contributed by atoms with Gasteiger partial charge in [0, 0.05) is 36.2 Å². The van der Waals surface area contributed by atoms with Crippen molar-refractivity contribution in [3.05, 3.63) is 60.3 Å². The maximum Gasteiger partial charge on any atom is 0.490 e. The van der Waals surface area contributed by atoms with Crippen molar-refractivity contribution in [1.82, 2.24) is 28.9 Å². The zero-order valence-electron chi connectivity index (χ0n) is 22.1. The predicted octanol–water partition coefficient (Wildman–Crippen LogP) is 4.04. The Bertz CT molecular complexity index is 1800. The first kappa shape index (κ1) is 30.3. The third kappa shape index (κ3) is 5.75. The number of rotatable bonds is 6. The third-order valence-electron chi connectivity index (χ3n) is 7.39. The van der Waals surface area contributed by atoms with Crippen LogP contribution in [0.25, 0.3) is 16.9 Å². The number of carboxylic acid groups (broad SMARTS) is 1. The van der Waals surface area contributed by atoms with E-state index in [4.69, 9.17) is 15.6 Å². The Balaban J connectivity index is 0.000000472. The zero-order chi connectivity index (χ0) is 31.6. The normalized spacial score (nSPS) is 21.5. The maximum absolute atomic E-state index is 13.3. The average Bonchev–Trinajstić information content (AvgIpc) is 3.51. The van der Waals surface area contributed by atoms with Crippen LogP contribution < -0.4 is 10.5 Å². The number of aryl methyl sites for hydroxylation is 1. The van der Waals surface area contributed by atoms with Crippen molar-refractivity contribution < 1.29 is 44.7 Å². The molecular weight excluding hydrogens is 608 g/mol. The number of nitrogens with two attached hydrogens (primary N) is 1. The van der Waals surface area contributed by atoms with Crippen LogP contribution in [0, 0.1) is 12.3 Å². The van der Waals surface area contributed by atoms with E-state index in [1.165, 1.54) is 22.7 Å². The number of sulfonamides is 1. The highest BCUT2D eigenvalue weighted by Gasteiger charge is 2.69. The summed E-state index contributed by atoms with van der Waals surface area (Å²) in [4.78, 5) is 16.4. The van der Waals surface area contributed by atoms with E-state index in [0.717, 1.165) is 32.0 Å². The van der Waals surface area contributed by atoms with Gasteiger partial charge in [-0.25, -0.2) is 27.9 Å². The van der Waals surface area contributed by atoms with E-state index in [9.17, 15) is 34.8 Å². The molecule has 7 rings (SSSR count). The lowest BCUT2D eigenvalue weighted by Gasteiger charge is -2.70. The summed E-state index contributed by atoms with van der Waals surface area (Å²) in [5.41, 5.74) is 5.59. The number of benzene rings is 1. The van der Waals surface area contributed by atoms with Gasteiger partial charge in [-0.3, -0.25) is 9.08 Å². The number of alkyl halides is 6. The fraction of sp³-hybridized carbons (Fsp3) is 0.360. The van der Waals surface area contributed by atoms with E-state index in [1.807, 2.05) is 16.9 Å². The van der Waals surface area contributed by atoms with Crippen LogP contribution in [0.3, 0.4) is 0 Å². The van der Waals surface area contributed by atoms with E-state index in [0.29, 0.717) is 11.1 Å². The minimum atomic E-state index is -5.08. The second-order valence-electron chi connectivity index (χ2n) is 10.7. The number of aliphatic carboxylic acids is 1. The first-order chi connectivity index (χ1) is 19.8. The molecule has 1 aromatic carbocycles. The summed E-state index contributed by atoms with van der Waals surface area (Å²) in [6, 6.07) is 6.43. The fourth-order valence-corrected chi connectivity index (χ4v) is 7.17. The van der Waals surface area contributed by atoms with Gasteiger partial charge in [-0.05, 0) is 55.4 Å². The van der Waals surface area contributed by atoms with Gasteiger partial charge in [-0.15, -0.1) is 0 Å². The summed E-state index contributed by atoms with van der Waals surface area (Å²) < 4.78 is 104. The molecule has 0 amide bonds. The summed E-state index contributed by atoms with van der Waals surface area (Å²) in [6.45, 7) is 2.50. The predicted molar refractivity (Wildman–Crippen MR) is 138 cm³/mol. The number of nitrogens with zero attached hydrogens (tertiary/aromatic N) is 5. The number of carbonyl (C=O) groups is 1. The first-order valence-electron chi connectivity index (χ1n) is 12.5. The van der Waals surface area contributed by atoms with E-state index in [1.54, 1.807) is 19.2 Å². The molecule has 230 valence electrons. The molecule has 3 aliphatic carbocycles. The Kier molecular flexibility index (Phi) is 6.99. The third-order valence-corrected chi connectivity index (χ3v) is 8.97. The fourth-order valence-electron chi connectivity index (χ4n) is 5.75. The molecule has 3 heterocycles. The van der Waals surface area contributed by atoms with E-state index in [-0.39, 0.29) is 27.5 Å². The largest absolute Gasteiger partial charge is 0.490 e. The van der Waals surface area contributed by atoms with Gasteiger partial charge in [0.1, 0.15) is 0 Å². The van der Waals surface area contributed by atoms with Gasteiger partial charge >= 0.3 is 18.3 Å². The molecule has 11 nitrogen and oxygen atoms in total. The summed E-state index contributed by atoms with van der Waals surface area (Å²) >= 11 is 0. The number of fused-ring (bicyclic) bond motifs is 1. The second kappa shape index (κ2) is 9.94. The molecule has 0 radical (unpaired) electrons. The highest BCUT2D eigenvalue weighted by molar-refractivity contribution is 7.89. The lowest BCUT2D eigenvalue weighted by atomic mass is 9.40. The van der Waals surface area contributed by atoms with Crippen LogP contribution in [0.2, 0.25) is 0 Å². The Morgan fingerprint density at radius 3 is 2.37 bits per heavy atom. The van der Waals surface area contributed by atoms with E-state index in [2.05, 4.69) is 19.8 Å². The zero-order valence-corrected chi connectivity index (χ0v) is 22.9. The molecule has 3 aliphatic rings. The van der Waals surface area contributed by atoms with Crippen molar-refractivity contribution in [3.63, 3.8) is 0 Å². The van der Waals surface area contributed by atoms with Crippen molar-refractivity contribution in [2.75, 3.05) is 5.73 Å². The van der Waals surface area contributed by atoms with Gasteiger partial charge in [-0.2, -0.15) is 31.4 Å². The second-order valence-corrected chi connectivity index (χ2v) is 12.4. The lowest BCUT2D eigenvalue weighted by Crippen LogP contribution is -2.75. The molecule has 0 saturated heterocycles. The standard InChI is InChI=1S/C23H22F3N7O2S.C2HF3O2/c1-14-3-4-15(36(34,35)31-22-10-21(11-22,12-22)13-32-6-2-5-29-32)7-16(14)17-8-28-20-19(27)30-18(9-33(17)20)23(24,25)26;3-2(4,5)1(6)7/h2-9,31H,10-13H2,1H3,(H2,27,30);(H,6,7). The van der Waals surface area contributed by atoms with E-state index < -0.39 is 39.6 Å². The Hall–Kier alpha value is -4.19. The number of halogens is 6. The number of hydrogen-bond donors (Lipinski definition) is 3. The summed E-state index contributed by atoms with van der Waals surface area (Å²) in [5.74, 6) is -3.13. The molecular formula is C25H23F6N7O4S. The topological polar surface area (TPSA) is 157 Å².